The van der Waals surface area contributed by atoms with Gasteiger partial charge < -0.3 is 15.4 Å². The van der Waals surface area contributed by atoms with Crippen LogP contribution in [0.2, 0.25) is 0 Å². The molecule has 0 radical (unpaired) electrons. The van der Waals surface area contributed by atoms with Crippen molar-refractivity contribution in [1.29, 1.82) is 0 Å². The Morgan fingerprint density at radius 1 is 1.33 bits per heavy atom. The van der Waals surface area contributed by atoms with Crippen LogP contribution in [0, 0.1) is 5.41 Å². The summed E-state index contributed by atoms with van der Waals surface area (Å²) in [6.45, 7) is -1.32. The molecule has 2 amide bonds. The van der Waals surface area contributed by atoms with Gasteiger partial charge in [-0.3, -0.25) is 0 Å². The lowest BCUT2D eigenvalue weighted by Crippen LogP contribution is -2.55. The molecule has 2 fully saturated rings. The average Bonchev–Trinajstić information content (AvgIpc) is 2.44. The van der Waals surface area contributed by atoms with Crippen molar-refractivity contribution in [3.63, 3.8) is 0 Å². The Morgan fingerprint density at radius 2 is 2.08 bits per heavy atom. The van der Waals surface area contributed by atoms with E-state index in [1.807, 2.05) is 0 Å². The fourth-order valence-corrected chi connectivity index (χ4v) is 3.29. The van der Waals surface area contributed by atoms with Crippen LogP contribution < -0.4 is 15.4 Å². The number of rotatable bonds is 5. The van der Waals surface area contributed by atoms with Crippen molar-refractivity contribution in [2.75, 3.05) is 6.61 Å². The molecule has 0 saturated heterocycles. The first-order valence-corrected chi connectivity index (χ1v) is 7.88. The Morgan fingerprint density at radius 3 is 2.71 bits per heavy atom. The van der Waals surface area contributed by atoms with E-state index in [0.717, 1.165) is 19.2 Å². The standard InChI is InChI=1S/C15H19F3N4O2/c16-15(17,18)8-24-12-4-10(20-9-21-12)7-19-13(23)22-11-5-14(6-11)2-1-3-14/h4,9,11H,1-3,5-8H2,(H2,19,22,23). The number of carbonyl (C=O) groups is 1. The number of hydrogen-bond donors (Lipinski definition) is 2. The monoisotopic (exact) mass is 344 g/mol. The predicted molar refractivity (Wildman–Crippen MR) is 78.3 cm³/mol. The lowest BCUT2D eigenvalue weighted by molar-refractivity contribution is -0.154. The number of halogens is 3. The minimum absolute atomic E-state index is 0.0919. The van der Waals surface area contributed by atoms with E-state index in [2.05, 4.69) is 25.3 Å². The van der Waals surface area contributed by atoms with Crippen LogP contribution in [0.1, 0.15) is 37.8 Å². The van der Waals surface area contributed by atoms with Crippen LogP contribution in [0.15, 0.2) is 12.4 Å². The van der Waals surface area contributed by atoms with Crippen LogP contribution >= 0.6 is 0 Å². The van der Waals surface area contributed by atoms with Gasteiger partial charge in [0.1, 0.15) is 6.33 Å². The zero-order valence-corrected chi connectivity index (χ0v) is 13.0. The third kappa shape index (κ3) is 4.27. The van der Waals surface area contributed by atoms with Crippen molar-refractivity contribution in [1.82, 2.24) is 20.6 Å². The molecular formula is C15H19F3N4O2. The maximum absolute atomic E-state index is 12.1. The number of ether oxygens (including phenoxy) is 1. The molecule has 132 valence electrons. The molecule has 24 heavy (non-hydrogen) atoms. The van der Waals surface area contributed by atoms with Gasteiger partial charge in [-0.05, 0) is 31.1 Å². The Kier molecular flexibility index (Phi) is 4.51. The van der Waals surface area contributed by atoms with Gasteiger partial charge in [0.25, 0.3) is 0 Å². The minimum atomic E-state index is -4.43. The fraction of sp³-hybridized carbons (Fsp3) is 0.667. The van der Waals surface area contributed by atoms with Gasteiger partial charge in [-0.15, -0.1) is 0 Å². The summed E-state index contributed by atoms with van der Waals surface area (Å²) >= 11 is 0. The Bertz CT molecular complexity index is 597. The van der Waals surface area contributed by atoms with Crippen LogP contribution in [-0.2, 0) is 6.54 Å². The zero-order chi connectivity index (χ0) is 17.2. The van der Waals surface area contributed by atoms with Crippen LogP contribution in [0.3, 0.4) is 0 Å². The number of urea groups is 1. The largest absolute Gasteiger partial charge is 0.468 e. The molecule has 1 aromatic heterocycles. The smallest absolute Gasteiger partial charge is 0.422 e. The van der Waals surface area contributed by atoms with Crippen molar-refractivity contribution in [3.8, 4) is 5.88 Å². The van der Waals surface area contributed by atoms with E-state index in [9.17, 15) is 18.0 Å². The molecule has 0 bridgehead atoms. The summed E-state index contributed by atoms with van der Waals surface area (Å²) in [5.41, 5.74) is 0.858. The van der Waals surface area contributed by atoms with Gasteiger partial charge in [-0.1, -0.05) is 6.42 Å². The highest BCUT2D eigenvalue weighted by Crippen LogP contribution is 2.55. The molecule has 2 aliphatic carbocycles. The molecule has 1 spiro atoms. The molecule has 1 aromatic rings. The SMILES string of the molecule is O=C(NCc1cc(OCC(F)(F)F)ncn1)NC1CC2(CCC2)C1. The van der Waals surface area contributed by atoms with Crippen LogP contribution in [0.5, 0.6) is 5.88 Å². The maximum atomic E-state index is 12.1. The third-order valence-electron chi connectivity index (χ3n) is 4.62. The predicted octanol–water partition coefficient (Wildman–Crippen LogP) is 2.55. The summed E-state index contributed by atoms with van der Waals surface area (Å²) in [5, 5.41) is 5.54. The maximum Gasteiger partial charge on any atom is 0.422 e. The first kappa shape index (κ1) is 16.8. The molecule has 2 N–H and O–H groups in total. The molecule has 0 aliphatic heterocycles. The highest BCUT2D eigenvalue weighted by Gasteiger charge is 2.48. The molecule has 0 unspecified atom stereocenters. The number of aromatic nitrogens is 2. The van der Waals surface area contributed by atoms with Crippen molar-refractivity contribution in [3.05, 3.63) is 18.1 Å². The topological polar surface area (TPSA) is 76.1 Å². The quantitative estimate of drug-likeness (QED) is 0.861. The number of alkyl halides is 3. The first-order valence-electron chi connectivity index (χ1n) is 7.88. The summed E-state index contributed by atoms with van der Waals surface area (Å²) in [6, 6.07) is 1.19. The van der Waals surface area contributed by atoms with Crippen molar-refractivity contribution >= 4 is 6.03 Å². The molecule has 0 atom stereocenters. The summed E-state index contributed by atoms with van der Waals surface area (Å²) in [4.78, 5) is 19.3. The second-order valence-corrected chi connectivity index (χ2v) is 6.54. The van der Waals surface area contributed by atoms with Gasteiger partial charge in [0, 0.05) is 12.1 Å². The summed E-state index contributed by atoms with van der Waals surface area (Å²) < 4.78 is 40.9. The van der Waals surface area contributed by atoms with Crippen LogP contribution in [-0.4, -0.2) is 34.8 Å². The van der Waals surface area contributed by atoms with Crippen LogP contribution in [0.4, 0.5) is 18.0 Å². The van der Waals surface area contributed by atoms with E-state index < -0.39 is 12.8 Å². The van der Waals surface area contributed by atoms with E-state index >= 15 is 0 Å². The third-order valence-corrected chi connectivity index (χ3v) is 4.62. The second-order valence-electron chi connectivity index (χ2n) is 6.54. The van der Waals surface area contributed by atoms with Gasteiger partial charge in [0.2, 0.25) is 5.88 Å². The van der Waals surface area contributed by atoms with E-state index in [1.54, 1.807) is 0 Å². The molecule has 2 saturated carbocycles. The van der Waals surface area contributed by atoms with Crippen molar-refractivity contribution in [2.24, 2.45) is 5.41 Å². The zero-order valence-electron chi connectivity index (χ0n) is 13.0. The van der Waals surface area contributed by atoms with Gasteiger partial charge in [0.15, 0.2) is 6.61 Å². The van der Waals surface area contributed by atoms with E-state index in [0.29, 0.717) is 11.1 Å². The van der Waals surface area contributed by atoms with Crippen LogP contribution in [0.25, 0.3) is 0 Å². The highest BCUT2D eigenvalue weighted by molar-refractivity contribution is 5.74. The highest BCUT2D eigenvalue weighted by atomic mass is 19.4. The normalized spacial score (nSPS) is 19.3. The Balaban J connectivity index is 1.40. The number of hydrogen-bond acceptors (Lipinski definition) is 4. The molecule has 1 heterocycles. The lowest BCUT2D eigenvalue weighted by atomic mass is 9.54. The van der Waals surface area contributed by atoms with E-state index in [1.165, 1.54) is 25.3 Å². The van der Waals surface area contributed by atoms with Gasteiger partial charge in [0.05, 0.1) is 12.2 Å². The summed E-state index contributed by atoms with van der Waals surface area (Å²) in [6.07, 6.45) is 2.54. The molecular weight excluding hydrogens is 325 g/mol. The van der Waals surface area contributed by atoms with Gasteiger partial charge >= 0.3 is 12.2 Å². The molecule has 3 rings (SSSR count). The Hall–Kier alpha value is -2.06. The first-order chi connectivity index (χ1) is 11.3. The summed E-state index contributed by atoms with van der Waals surface area (Å²) in [7, 11) is 0. The van der Waals surface area contributed by atoms with E-state index in [-0.39, 0.29) is 24.5 Å². The number of carbonyl (C=O) groups excluding carboxylic acids is 1. The number of nitrogens with zero attached hydrogens (tertiary/aromatic N) is 2. The fourth-order valence-electron chi connectivity index (χ4n) is 3.29. The van der Waals surface area contributed by atoms with Gasteiger partial charge in [-0.2, -0.15) is 13.2 Å². The molecule has 9 heteroatoms. The van der Waals surface area contributed by atoms with E-state index in [4.69, 9.17) is 0 Å². The minimum Gasteiger partial charge on any atom is -0.468 e. The Labute approximate surface area is 137 Å². The summed E-state index contributed by atoms with van der Waals surface area (Å²) in [5.74, 6) is -0.176. The molecule has 6 nitrogen and oxygen atoms in total. The van der Waals surface area contributed by atoms with Gasteiger partial charge in [-0.25, -0.2) is 14.8 Å². The number of amides is 2. The number of nitrogens with one attached hydrogen (secondary N) is 2. The van der Waals surface area contributed by atoms with Crippen molar-refractivity contribution < 1.29 is 22.7 Å². The average molecular weight is 344 g/mol. The molecule has 0 aromatic carbocycles. The second kappa shape index (κ2) is 6.45. The van der Waals surface area contributed by atoms with Crippen molar-refractivity contribution in [2.45, 2.75) is 50.9 Å². The molecule has 2 aliphatic rings. The lowest BCUT2D eigenvalue weighted by Gasteiger charge is -2.54.